The molecule has 0 heterocycles. The van der Waals surface area contributed by atoms with Gasteiger partial charge in [0.1, 0.15) is 5.76 Å². The molecular formula is C7H7O3. The minimum atomic E-state index is -0.580. The predicted molar refractivity (Wildman–Crippen MR) is 35.7 cm³/mol. The van der Waals surface area contributed by atoms with Gasteiger partial charge in [-0.3, -0.25) is 4.79 Å². The van der Waals surface area contributed by atoms with E-state index in [0.29, 0.717) is 0 Å². The molecule has 0 N–H and O–H groups in total. The van der Waals surface area contributed by atoms with Crippen LogP contribution in [0.25, 0.3) is 0 Å². The summed E-state index contributed by atoms with van der Waals surface area (Å²) in [7, 11) is 0. The van der Waals surface area contributed by atoms with Crippen molar-refractivity contribution >= 4 is 12.3 Å². The Morgan fingerprint density at radius 2 is 2.30 bits per heavy atom. The van der Waals surface area contributed by atoms with Crippen molar-refractivity contribution in [2.24, 2.45) is 0 Å². The van der Waals surface area contributed by atoms with Crippen molar-refractivity contribution in [1.82, 2.24) is 0 Å². The van der Waals surface area contributed by atoms with Crippen LogP contribution in [-0.4, -0.2) is 12.3 Å². The molecule has 0 atom stereocenters. The van der Waals surface area contributed by atoms with Gasteiger partial charge in [-0.05, 0) is 6.92 Å². The average molecular weight is 139 g/mol. The molecule has 0 aliphatic rings. The van der Waals surface area contributed by atoms with Crippen LogP contribution in [0.4, 0.5) is 0 Å². The molecule has 0 rings (SSSR count). The second-order valence-electron chi connectivity index (χ2n) is 1.50. The highest BCUT2D eigenvalue weighted by atomic mass is 16.5. The molecule has 0 saturated heterocycles. The Hall–Kier alpha value is -1.38. The van der Waals surface area contributed by atoms with E-state index < -0.39 is 5.97 Å². The Morgan fingerprint density at radius 3 is 2.70 bits per heavy atom. The largest absolute Gasteiger partial charge is 0.428 e. The Balaban J connectivity index is 3.89. The van der Waals surface area contributed by atoms with Gasteiger partial charge in [0.05, 0.1) is 0 Å². The Morgan fingerprint density at radius 1 is 1.70 bits per heavy atom. The fraction of sp³-hybridized carbons (Fsp3) is 0.143. The first-order chi connectivity index (χ1) is 4.70. The lowest BCUT2D eigenvalue weighted by Gasteiger charge is -1.96. The number of hydrogen-bond donors (Lipinski definition) is 0. The van der Waals surface area contributed by atoms with Crippen LogP contribution in [0.5, 0.6) is 0 Å². The molecular weight excluding hydrogens is 132 g/mol. The van der Waals surface area contributed by atoms with Crippen molar-refractivity contribution in [3.05, 3.63) is 24.5 Å². The van der Waals surface area contributed by atoms with Crippen molar-refractivity contribution in [2.75, 3.05) is 0 Å². The number of carbonyl (C=O) groups is 1. The zero-order chi connectivity index (χ0) is 7.98. The van der Waals surface area contributed by atoms with Crippen molar-refractivity contribution < 1.29 is 14.3 Å². The van der Waals surface area contributed by atoms with Crippen LogP contribution in [-0.2, 0) is 14.3 Å². The van der Waals surface area contributed by atoms with Gasteiger partial charge in [0, 0.05) is 12.2 Å². The molecule has 0 aliphatic heterocycles. The molecule has 3 nitrogen and oxygen atoms in total. The molecule has 0 unspecified atom stereocenters. The number of esters is 1. The quantitative estimate of drug-likeness (QED) is 0.329. The van der Waals surface area contributed by atoms with Gasteiger partial charge in [0.25, 0.3) is 0 Å². The Bertz CT molecular complexity index is 179. The van der Waals surface area contributed by atoms with E-state index in [1.165, 1.54) is 13.2 Å². The molecule has 0 bridgehead atoms. The zero-order valence-electron chi connectivity index (χ0n) is 5.59. The molecule has 10 heavy (non-hydrogen) atoms. The van der Waals surface area contributed by atoms with Crippen LogP contribution < -0.4 is 0 Å². The SMILES string of the molecule is C=CC(=O)OC(C)=C[C]=O. The summed E-state index contributed by atoms with van der Waals surface area (Å²) < 4.78 is 4.48. The van der Waals surface area contributed by atoms with Gasteiger partial charge in [0.2, 0.25) is 6.29 Å². The molecule has 0 aromatic rings. The summed E-state index contributed by atoms with van der Waals surface area (Å²) >= 11 is 0. The van der Waals surface area contributed by atoms with E-state index in [1.807, 2.05) is 0 Å². The van der Waals surface area contributed by atoms with Gasteiger partial charge in [-0.2, -0.15) is 0 Å². The lowest BCUT2D eigenvalue weighted by molar-refractivity contribution is -0.133. The summed E-state index contributed by atoms with van der Waals surface area (Å²) in [6.07, 6.45) is 3.52. The van der Waals surface area contributed by atoms with Gasteiger partial charge in [-0.1, -0.05) is 6.58 Å². The molecule has 0 aromatic heterocycles. The van der Waals surface area contributed by atoms with E-state index in [0.717, 1.165) is 12.2 Å². The van der Waals surface area contributed by atoms with E-state index >= 15 is 0 Å². The van der Waals surface area contributed by atoms with E-state index in [2.05, 4.69) is 11.3 Å². The average Bonchev–Trinajstić information content (AvgIpc) is 1.88. The predicted octanol–water partition coefficient (Wildman–Crippen LogP) is 0.729. The van der Waals surface area contributed by atoms with Crippen LogP contribution in [0, 0.1) is 0 Å². The lowest BCUT2D eigenvalue weighted by Crippen LogP contribution is -1.97. The van der Waals surface area contributed by atoms with Crippen molar-refractivity contribution in [3.8, 4) is 0 Å². The highest BCUT2D eigenvalue weighted by Gasteiger charge is 1.95. The number of carbonyl (C=O) groups excluding carboxylic acids is 2. The maximum absolute atomic E-state index is 10.4. The first-order valence-corrected chi connectivity index (χ1v) is 2.59. The molecule has 0 fully saturated rings. The molecule has 0 amide bonds. The molecule has 0 saturated carbocycles. The number of ether oxygens (including phenoxy) is 1. The van der Waals surface area contributed by atoms with Gasteiger partial charge >= 0.3 is 5.97 Å². The number of hydrogen-bond acceptors (Lipinski definition) is 3. The van der Waals surface area contributed by atoms with E-state index in [1.54, 1.807) is 0 Å². The highest BCUT2D eigenvalue weighted by Crippen LogP contribution is 1.93. The Labute approximate surface area is 59.0 Å². The molecule has 53 valence electrons. The van der Waals surface area contributed by atoms with Crippen molar-refractivity contribution in [1.29, 1.82) is 0 Å². The van der Waals surface area contributed by atoms with E-state index in [4.69, 9.17) is 0 Å². The van der Waals surface area contributed by atoms with E-state index in [-0.39, 0.29) is 5.76 Å². The van der Waals surface area contributed by atoms with Crippen LogP contribution in [0.1, 0.15) is 6.92 Å². The number of rotatable bonds is 3. The van der Waals surface area contributed by atoms with Crippen LogP contribution >= 0.6 is 0 Å². The molecule has 0 aliphatic carbocycles. The maximum Gasteiger partial charge on any atom is 0.335 e. The Kier molecular flexibility index (Phi) is 3.87. The second-order valence-corrected chi connectivity index (χ2v) is 1.50. The van der Waals surface area contributed by atoms with Crippen LogP contribution in [0.15, 0.2) is 24.5 Å². The summed E-state index contributed by atoms with van der Waals surface area (Å²) in [4.78, 5) is 20.1. The highest BCUT2D eigenvalue weighted by molar-refractivity contribution is 5.82. The summed E-state index contributed by atoms with van der Waals surface area (Å²) in [5.74, 6) is -0.371. The van der Waals surface area contributed by atoms with Gasteiger partial charge < -0.3 is 4.74 Å². The maximum atomic E-state index is 10.4. The first-order valence-electron chi connectivity index (χ1n) is 2.59. The standard InChI is InChI=1S/C7H7O3/c1-3-7(9)10-6(2)4-5-8/h3-4H,1H2,2H3. The minimum absolute atomic E-state index is 0.208. The summed E-state index contributed by atoms with van der Waals surface area (Å²) in [5.41, 5.74) is 0. The lowest BCUT2D eigenvalue weighted by atomic mass is 10.5. The third kappa shape index (κ3) is 3.60. The molecule has 0 aromatic carbocycles. The summed E-state index contributed by atoms with van der Waals surface area (Å²) in [5, 5.41) is 0. The summed E-state index contributed by atoms with van der Waals surface area (Å²) in [6.45, 7) is 4.65. The zero-order valence-corrected chi connectivity index (χ0v) is 5.59. The summed E-state index contributed by atoms with van der Waals surface area (Å²) in [6, 6.07) is 0. The third-order valence-corrected chi connectivity index (χ3v) is 0.690. The smallest absolute Gasteiger partial charge is 0.335 e. The second kappa shape index (κ2) is 4.49. The fourth-order valence-electron chi connectivity index (χ4n) is 0.313. The van der Waals surface area contributed by atoms with Crippen LogP contribution in [0.3, 0.4) is 0 Å². The molecule has 0 spiro atoms. The monoisotopic (exact) mass is 139 g/mol. The topological polar surface area (TPSA) is 43.4 Å². The third-order valence-electron chi connectivity index (χ3n) is 0.690. The van der Waals surface area contributed by atoms with E-state index in [9.17, 15) is 9.59 Å². The van der Waals surface area contributed by atoms with Gasteiger partial charge in [-0.25, -0.2) is 4.79 Å². The fourth-order valence-corrected chi connectivity index (χ4v) is 0.313. The van der Waals surface area contributed by atoms with Crippen molar-refractivity contribution in [2.45, 2.75) is 6.92 Å². The molecule has 1 radical (unpaired) electrons. The van der Waals surface area contributed by atoms with Gasteiger partial charge in [-0.15, -0.1) is 0 Å². The molecule has 3 heteroatoms. The normalized spacial score (nSPS) is 10.3. The van der Waals surface area contributed by atoms with Crippen LogP contribution in [0.2, 0.25) is 0 Å². The van der Waals surface area contributed by atoms with Crippen molar-refractivity contribution in [3.63, 3.8) is 0 Å². The minimum Gasteiger partial charge on any atom is -0.428 e. The van der Waals surface area contributed by atoms with Gasteiger partial charge in [0.15, 0.2) is 0 Å². The number of allylic oxidation sites excluding steroid dienone is 2. The first kappa shape index (κ1) is 8.62.